The predicted molar refractivity (Wildman–Crippen MR) is 94.1 cm³/mol. The van der Waals surface area contributed by atoms with Gasteiger partial charge in [0.25, 0.3) is 0 Å². The number of amides is 1. The molecule has 1 aliphatic rings. The van der Waals surface area contributed by atoms with Gasteiger partial charge in [0.2, 0.25) is 5.91 Å². The molecule has 1 N–H and O–H groups in total. The van der Waals surface area contributed by atoms with Crippen LogP contribution >= 0.6 is 24.0 Å². The Morgan fingerprint density at radius 3 is 2.73 bits per heavy atom. The maximum Gasteiger partial charge on any atom is 0.236 e. The van der Waals surface area contributed by atoms with Gasteiger partial charge in [-0.25, -0.2) is 0 Å². The molecule has 0 saturated carbocycles. The van der Waals surface area contributed by atoms with Crippen LogP contribution in [0.25, 0.3) is 0 Å². The van der Waals surface area contributed by atoms with Gasteiger partial charge in [-0.1, -0.05) is 30.7 Å². The summed E-state index contributed by atoms with van der Waals surface area (Å²) in [5, 5.41) is 4.02. The van der Waals surface area contributed by atoms with E-state index >= 15 is 0 Å². The van der Waals surface area contributed by atoms with Gasteiger partial charge in [-0.05, 0) is 30.7 Å². The molecule has 1 fully saturated rings. The Bertz CT molecular complexity index is 478. The first-order valence-electron chi connectivity index (χ1n) is 7.49. The minimum absolute atomic E-state index is 0. The molecule has 1 saturated heterocycles. The van der Waals surface area contributed by atoms with Crippen molar-refractivity contribution in [3.8, 4) is 0 Å². The number of carbonyl (C=O) groups is 1. The Hall–Kier alpha value is -0.810. The number of hydrogen-bond donors (Lipinski definition) is 1. The number of piperazine rings is 1. The molecule has 1 aromatic rings. The highest BCUT2D eigenvalue weighted by Crippen LogP contribution is 2.19. The largest absolute Gasteiger partial charge is 0.339 e. The molecule has 124 valence electrons. The van der Waals surface area contributed by atoms with E-state index in [0.717, 1.165) is 37.7 Å². The van der Waals surface area contributed by atoms with E-state index in [2.05, 4.69) is 23.2 Å². The third kappa shape index (κ3) is 5.76. The minimum Gasteiger partial charge on any atom is -0.339 e. The fourth-order valence-corrected chi connectivity index (χ4v) is 2.89. The van der Waals surface area contributed by atoms with Crippen LogP contribution < -0.4 is 5.32 Å². The van der Waals surface area contributed by atoms with Crippen molar-refractivity contribution in [2.45, 2.75) is 12.8 Å². The van der Waals surface area contributed by atoms with Gasteiger partial charge in [0, 0.05) is 37.7 Å². The predicted octanol–water partition coefficient (Wildman–Crippen LogP) is 2.23. The smallest absolute Gasteiger partial charge is 0.236 e. The zero-order valence-corrected chi connectivity index (χ0v) is 14.8. The molecular weight excluding hydrogens is 321 g/mol. The molecule has 1 amide bonds. The van der Waals surface area contributed by atoms with Crippen LogP contribution in [0, 0.1) is 0 Å². The van der Waals surface area contributed by atoms with Crippen LogP contribution in [0.15, 0.2) is 24.3 Å². The van der Waals surface area contributed by atoms with Crippen LogP contribution in [0.2, 0.25) is 5.02 Å². The van der Waals surface area contributed by atoms with Crippen LogP contribution in [0.1, 0.15) is 18.4 Å². The van der Waals surface area contributed by atoms with Crippen molar-refractivity contribution in [2.24, 2.45) is 0 Å². The summed E-state index contributed by atoms with van der Waals surface area (Å²) in [6, 6.07) is 7.94. The molecule has 1 aliphatic heterocycles. The molecule has 1 atom stereocenters. The van der Waals surface area contributed by atoms with Gasteiger partial charge in [-0.2, -0.15) is 0 Å². The van der Waals surface area contributed by atoms with Crippen LogP contribution in [0.5, 0.6) is 0 Å². The molecule has 6 heteroatoms. The summed E-state index contributed by atoms with van der Waals surface area (Å²) in [4.78, 5) is 16.3. The van der Waals surface area contributed by atoms with Crippen LogP contribution in [-0.4, -0.2) is 62.0 Å². The van der Waals surface area contributed by atoms with E-state index in [9.17, 15) is 4.79 Å². The van der Waals surface area contributed by atoms with Crippen molar-refractivity contribution < 1.29 is 4.79 Å². The summed E-state index contributed by atoms with van der Waals surface area (Å²) < 4.78 is 0. The zero-order valence-electron chi connectivity index (χ0n) is 13.2. The highest BCUT2D eigenvalue weighted by Gasteiger charge is 2.18. The average Bonchev–Trinajstić information content (AvgIpc) is 2.48. The van der Waals surface area contributed by atoms with Crippen molar-refractivity contribution >= 4 is 29.9 Å². The molecule has 22 heavy (non-hydrogen) atoms. The third-order valence-corrected chi connectivity index (χ3v) is 4.11. The number of benzene rings is 1. The van der Waals surface area contributed by atoms with E-state index in [1.807, 2.05) is 30.1 Å². The Balaban J connectivity index is 0.00000242. The molecule has 1 aromatic carbocycles. The normalized spacial score (nSPS) is 16.3. The first-order valence-corrected chi connectivity index (χ1v) is 7.86. The van der Waals surface area contributed by atoms with Gasteiger partial charge in [0.15, 0.2) is 0 Å². The summed E-state index contributed by atoms with van der Waals surface area (Å²) in [6.07, 6.45) is 0. The molecule has 0 spiro atoms. The molecule has 0 bridgehead atoms. The molecule has 2 rings (SSSR count). The lowest BCUT2D eigenvalue weighted by Crippen LogP contribution is -2.49. The van der Waals surface area contributed by atoms with Crippen molar-refractivity contribution in [1.82, 2.24) is 15.1 Å². The van der Waals surface area contributed by atoms with Gasteiger partial charge >= 0.3 is 0 Å². The number of nitrogens with one attached hydrogen (secondary N) is 1. The van der Waals surface area contributed by atoms with Crippen molar-refractivity contribution in [3.05, 3.63) is 34.9 Å². The van der Waals surface area contributed by atoms with Gasteiger partial charge in [0.05, 0.1) is 6.54 Å². The third-order valence-electron chi connectivity index (χ3n) is 3.88. The molecule has 1 heterocycles. The second kappa shape index (κ2) is 9.36. The van der Waals surface area contributed by atoms with E-state index in [-0.39, 0.29) is 18.3 Å². The van der Waals surface area contributed by atoms with Crippen LogP contribution in [0.4, 0.5) is 0 Å². The SMILES string of the molecule is CC(CN(C)CC(=O)N1CCNCC1)c1cccc(Cl)c1.Cl. The van der Waals surface area contributed by atoms with Crippen LogP contribution in [0.3, 0.4) is 0 Å². The standard InChI is InChI=1S/C16H24ClN3O.ClH/c1-13(14-4-3-5-15(17)10-14)11-19(2)12-16(21)20-8-6-18-7-9-20;/h3-5,10,13,18H,6-9,11-12H2,1-2H3;1H. The number of nitrogens with zero attached hydrogens (tertiary/aromatic N) is 2. The van der Waals surface area contributed by atoms with Crippen molar-refractivity contribution in [2.75, 3.05) is 46.3 Å². The lowest BCUT2D eigenvalue weighted by molar-refractivity contribution is -0.132. The highest BCUT2D eigenvalue weighted by atomic mass is 35.5. The van der Waals surface area contributed by atoms with Crippen molar-refractivity contribution in [1.29, 1.82) is 0 Å². The summed E-state index contributed by atoms with van der Waals surface area (Å²) in [5.41, 5.74) is 1.21. The van der Waals surface area contributed by atoms with Gasteiger partial charge in [-0.3, -0.25) is 9.69 Å². The fraction of sp³-hybridized carbons (Fsp3) is 0.562. The highest BCUT2D eigenvalue weighted by molar-refractivity contribution is 6.30. The summed E-state index contributed by atoms with van der Waals surface area (Å²) in [6.45, 7) is 6.91. The molecule has 0 aromatic heterocycles. The second-order valence-electron chi connectivity index (χ2n) is 5.78. The van der Waals surface area contributed by atoms with Gasteiger partial charge < -0.3 is 10.2 Å². The minimum atomic E-state index is 0. The molecule has 0 aliphatic carbocycles. The Morgan fingerprint density at radius 2 is 2.09 bits per heavy atom. The summed E-state index contributed by atoms with van der Waals surface area (Å²) >= 11 is 6.03. The topological polar surface area (TPSA) is 35.6 Å². The van der Waals surface area contributed by atoms with E-state index in [1.54, 1.807) is 0 Å². The number of carbonyl (C=O) groups excluding carboxylic acids is 1. The monoisotopic (exact) mass is 345 g/mol. The Kier molecular flexibility index (Phi) is 8.18. The number of likely N-dealkylation sites (N-methyl/N-ethyl adjacent to an activating group) is 1. The quantitative estimate of drug-likeness (QED) is 0.888. The van der Waals surface area contributed by atoms with E-state index in [0.29, 0.717) is 12.5 Å². The van der Waals surface area contributed by atoms with Gasteiger partial charge in [0.1, 0.15) is 0 Å². The molecular formula is C16H25Cl2N3O. The Morgan fingerprint density at radius 1 is 1.41 bits per heavy atom. The first-order chi connectivity index (χ1) is 10.1. The maximum atomic E-state index is 12.2. The lowest BCUT2D eigenvalue weighted by Gasteiger charge is -2.30. The van der Waals surface area contributed by atoms with E-state index in [1.165, 1.54) is 5.56 Å². The zero-order chi connectivity index (χ0) is 15.2. The van der Waals surface area contributed by atoms with Gasteiger partial charge in [-0.15, -0.1) is 12.4 Å². The molecule has 4 nitrogen and oxygen atoms in total. The molecule has 0 radical (unpaired) electrons. The molecule has 1 unspecified atom stereocenters. The van der Waals surface area contributed by atoms with E-state index in [4.69, 9.17) is 11.6 Å². The fourth-order valence-electron chi connectivity index (χ4n) is 2.70. The first kappa shape index (κ1) is 19.2. The lowest BCUT2D eigenvalue weighted by atomic mass is 10.0. The van der Waals surface area contributed by atoms with Crippen molar-refractivity contribution in [3.63, 3.8) is 0 Å². The number of hydrogen-bond acceptors (Lipinski definition) is 3. The van der Waals surface area contributed by atoms with Crippen LogP contribution in [-0.2, 0) is 4.79 Å². The summed E-state index contributed by atoms with van der Waals surface area (Å²) in [5.74, 6) is 0.571. The maximum absolute atomic E-state index is 12.2. The number of halogens is 2. The van der Waals surface area contributed by atoms with E-state index < -0.39 is 0 Å². The number of rotatable bonds is 5. The second-order valence-corrected chi connectivity index (χ2v) is 6.22. The Labute approximate surface area is 144 Å². The summed E-state index contributed by atoms with van der Waals surface area (Å²) in [7, 11) is 2.00. The average molecular weight is 346 g/mol.